The molecule has 4 heteroatoms. The number of ether oxygens (including phenoxy) is 1. The third-order valence-electron chi connectivity index (χ3n) is 5.16. The summed E-state index contributed by atoms with van der Waals surface area (Å²) in [5.74, 6) is 0.889. The van der Waals surface area contributed by atoms with Gasteiger partial charge in [0, 0.05) is 37.8 Å². The van der Waals surface area contributed by atoms with Gasteiger partial charge in [0.15, 0.2) is 0 Å². The number of carbonyl (C=O) groups is 1. The lowest BCUT2D eigenvalue weighted by molar-refractivity contribution is 0.0507. The van der Waals surface area contributed by atoms with Crippen molar-refractivity contribution in [2.24, 2.45) is 0 Å². The van der Waals surface area contributed by atoms with Gasteiger partial charge < -0.3 is 9.64 Å². The summed E-state index contributed by atoms with van der Waals surface area (Å²) in [5, 5.41) is 0. The molecule has 0 spiro atoms. The SMILES string of the molecule is COc1ccc(C(=O)N(C)C2CCCCC2N2CC=CC2)cc1. The van der Waals surface area contributed by atoms with E-state index in [2.05, 4.69) is 17.1 Å². The number of likely N-dealkylation sites (N-methyl/N-ethyl adjacent to an activating group) is 1. The Labute approximate surface area is 138 Å². The lowest BCUT2D eigenvalue weighted by Crippen LogP contribution is -2.53. The Morgan fingerprint density at radius 2 is 1.78 bits per heavy atom. The van der Waals surface area contributed by atoms with E-state index in [0.717, 1.165) is 30.8 Å². The summed E-state index contributed by atoms with van der Waals surface area (Å²) in [6, 6.07) is 8.19. The normalized spacial score (nSPS) is 24.6. The van der Waals surface area contributed by atoms with Crippen LogP contribution in [-0.2, 0) is 0 Å². The van der Waals surface area contributed by atoms with E-state index >= 15 is 0 Å². The molecule has 2 aliphatic rings. The molecule has 124 valence electrons. The molecule has 0 saturated heterocycles. The average molecular weight is 314 g/mol. The number of amides is 1. The van der Waals surface area contributed by atoms with Crippen LogP contribution in [0.25, 0.3) is 0 Å². The van der Waals surface area contributed by atoms with Crippen molar-refractivity contribution in [3.05, 3.63) is 42.0 Å². The quantitative estimate of drug-likeness (QED) is 0.801. The first-order valence-corrected chi connectivity index (χ1v) is 8.51. The lowest BCUT2D eigenvalue weighted by Gasteiger charge is -2.42. The molecule has 3 rings (SSSR count). The zero-order valence-electron chi connectivity index (χ0n) is 14.1. The first-order chi connectivity index (χ1) is 11.2. The summed E-state index contributed by atoms with van der Waals surface area (Å²) in [5.41, 5.74) is 0.733. The molecule has 1 aliphatic carbocycles. The van der Waals surface area contributed by atoms with Crippen LogP contribution in [0.3, 0.4) is 0 Å². The fraction of sp³-hybridized carbons (Fsp3) is 0.526. The number of benzene rings is 1. The third-order valence-corrected chi connectivity index (χ3v) is 5.16. The van der Waals surface area contributed by atoms with Crippen LogP contribution in [0.15, 0.2) is 36.4 Å². The van der Waals surface area contributed by atoms with Gasteiger partial charge in [-0.3, -0.25) is 9.69 Å². The first kappa shape index (κ1) is 16.1. The second-order valence-corrected chi connectivity index (χ2v) is 6.49. The molecule has 2 atom stereocenters. The van der Waals surface area contributed by atoms with Crippen LogP contribution in [0.5, 0.6) is 5.75 Å². The zero-order valence-corrected chi connectivity index (χ0v) is 14.1. The standard InChI is InChI=1S/C19H26N2O2/c1-20(19(22)15-9-11-16(23-2)12-10-15)17-7-3-4-8-18(17)21-13-5-6-14-21/h5-6,9-12,17-18H,3-4,7-8,13-14H2,1-2H3. The van der Waals surface area contributed by atoms with Crippen molar-refractivity contribution in [3.63, 3.8) is 0 Å². The van der Waals surface area contributed by atoms with Crippen LogP contribution in [0, 0.1) is 0 Å². The smallest absolute Gasteiger partial charge is 0.253 e. The Hall–Kier alpha value is -1.81. The summed E-state index contributed by atoms with van der Waals surface area (Å²) >= 11 is 0. The van der Waals surface area contributed by atoms with Gasteiger partial charge in [-0.1, -0.05) is 25.0 Å². The van der Waals surface area contributed by atoms with Crippen LogP contribution in [0.1, 0.15) is 36.0 Å². The number of methoxy groups -OCH3 is 1. The Bertz CT molecular complexity index is 559. The molecule has 23 heavy (non-hydrogen) atoms. The third kappa shape index (κ3) is 3.42. The van der Waals surface area contributed by atoms with Gasteiger partial charge in [0.2, 0.25) is 0 Å². The number of carbonyl (C=O) groups excluding carboxylic acids is 1. The van der Waals surface area contributed by atoms with Gasteiger partial charge in [-0.25, -0.2) is 0 Å². The van der Waals surface area contributed by atoms with Gasteiger partial charge in [-0.05, 0) is 37.1 Å². The summed E-state index contributed by atoms with van der Waals surface area (Å²) in [6.45, 7) is 2.04. The molecule has 0 N–H and O–H groups in total. The summed E-state index contributed by atoms with van der Waals surface area (Å²) in [6.07, 6.45) is 9.23. The van der Waals surface area contributed by atoms with Gasteiger partial charge >= 0.3 is 0 Å². The molecular weight excluding hydrogens is 288 g/mol. The monoisotopic (exact) mass is 314 g/mol. The highest BCUT2D eigenvalue weighted by molar-refractivity contribution is 5.94. The minimum atomic E-state index is 0.108. The molecule has 1 amide bonds. The van der Waals surface area contributed by atoms with Gasteiger partial charge in [0.05, 0.1) is 7.11 Å². The van der Waals surface area contributed by atoms with Crippen LogP contribution in [-0.4, -0.2) is 55.0 Å². The van der Waals surface area contributed by atoms with Gasteiger partial charge in [-0.2, -0.15) is 0 Å². The largest absolute Gasteiger partial charge is 0.497 e. The number of hydrogen-bond acceptors (Lipinski definition) is 3. The van der Waals surface area contributed by atoms with Gasteiger partial charge in [0.1, 0.15) is 5.75 Å². The van der Waals surface area contributed by atoms with Crippen LogP contribution in [0.4, 0.5) is 0 Å². The molecular formula is C19H26N2O2. The maximum absolute atomic E-state index is 12.9. The predicted octanol–water partition coefficient (Wildman–Crippen LogP) is 2.95. The van der Waals surface area contributed by atoms with E-state index in [0.29, 0.717) is 12.1 Å². The second-order valence-electron chi connectivity index (χ2n) is 6.49. The molecule has 1 aromatic carbocycles. The van der Waals surface area contributed by atoms with E-state index in [4.69, 9.17) is 4.74 Å². The molecule has 1 saturated carbocycles. The zero-order chi connectivity index (χ0) is 16.2. The summed E-state index contributed by atoms with van der Waals surface area (Å²) in [7, 11) is 3.60. The molecule has 0 bridgehead atoms. The minimum Gasteiger partial charge on any atom is -0.497 e. The van der Waals surface area contributed by atoms with Crippen molar-refractivity contribution in [1.29, 1.82) is 0 Å². The molecule has 1 fully saturated rings. The van der Waals surface area contributed by atoms with Crippen molar-refractivity contribution in [2.45, 2.75) is 37.8 Å². The number of nitrogens with zero attached hydrogens (tertiary/aromatic N) is 2. The highest BCUT2D eigenvalue weighted by atomic mass is 16.5. The van der Waals surface area contributed by atoms with E-state index in [1.54, 1.807) is 7.11 Å². The Balaban J connectivity index is 1.73. The predicted molar refractivity (Wildman–Crippen MR) is 91.8 cm³/mol. The van der Waals surface area contributed by atoms with Crippen LogP contribution in [0.2, 0.25) is 0 Å². The van der Waals surface area contributed by atoms with E-state index in [1.165, 1.54) is 19.3 Å². The van der Waals surface area contributed by atoms with Crippen molar-refractivity contribution in [2.75, 3.05) is 27.2 Å². The Morgan fingerprint density at radius 1 is 1.13 bits per heavy atom. The van der Waals surface area contributed by atoms with Gasteiger partial charge in [0.25, 0.3) is 5.91 Å². The molecule has 1 aromatic rings. The maximum Gasteiger partial charge on any atom is 0.253 e. The summed E-state index contributed by atoms with van der Waals surface area (Å²) in [4.78, 5) is 17.3. The van der Waals surface area contributed by atoms with E-state index in [1.807, 2.05) is 36.2 Å². The molecule has 1 aliphatic heterocycles. The topological polar surface area (TPSA) is 32.8 Å². The van der Waals surface area contributed by atoms with Crippen molar-refractivity contribution < 1.29 is 9.53 Å². The van der Waals surface area contributed by atoms with Crippen molar-refractivity contribution in [1.82, 2.24) is 9.80 Å². The minimum absolute atomic E-state index is 0.108. The fourth-order valence-corrected chi connectivity index (χ4v) is 3.82. The number of hydrogen-bond donors (Lipinski definition) is 0. The number of rotatable bonds is 4. The van der Waals surface area contributed by atoms with E-state index < -0.39 is 0 Å². The maximum atomic E-state index is 12.9. The molecule has 4 nitrogen and oxygen atoms in total. The van der Waals surface area contributed by atoms with E-state index in [9.17, 15) is 4.79 Å². The molecule has 0 radical (unpaired) electrons. The molecule has 1 heterocycles. The van der Waals surface area contributed by atoms with Crippen LogP contribution >= 0.6 is 0 Å². The molecule has 2 unspecified atom stereocenters. The Morgan fingerprint density at radius 3 is 2.43 bits per heavy atom. The lowest BCUT2D eigenvalue weighted by atomic mass is 9.88. The Kier molecular flexibility index (Phi) is 5.01. The second kappa shape index (κ2) is 7.18. The molecule has 0 aromatic heterocycles. The fourth-order valence-electron chi connectivity index (χ4n) is 3.82. The average Bonchev–Trinajstić information content (AvgIpc) is 3.15. The van der Waals surface area contributed by atoms with Crippen molar-refractivity contribution in [3.8, 4) is 5.75 Å². The van der Waals surface area contributed by atoms with Crippen LogP contribution < -0.4 is 4.74 Å². The summed E-state index contributed by atoms with van der Waals surface area (Å²) < 4.78 is 5.17. The van der Waals surface area contributed by atoms with E-state index in [-0.39, 0.29) is 5.91 Å². The highest BCUT2D eigenvalue weighted by Crippen LogP contribution is 2.28. The van der Waals surface area contributed by atoms with Crippen molar-refractivity contribution >= 4 is 5.91 Å². The van der Waals surface area contributed by atoms with Gasteiger partial charge in [-0.15, -0.1) is 0 Å². The highest BCUT2D eigenvalue weighted by Gasteiger charge is 2.34. The first-order valence-electron chi connectivity index (χ1n) is 8.51.